The zero-order valence-electron chi connectivity index (χ0n) is 14.7. The fourth-order valence-corrected chi connectivity index (χ4v) is 3.03. The van der Waals surface area contributed by atoms with Crippen LogP contribution >= 0.6 is 0 Å². The molecule has 2 aromatic rings. The molecule has 130 valence electrons. The van der Waals surface area contributed by atoms with E-state index in [2.05, 4.69) is 5.32 Å². The Labute approximate surface area is 147 Å². The summed E-state index contributed by atoms with van der Waals surface area (Å²) in [6.07, 6.45) is 0.216. The van der Waals surface area contributed by atoms with Gasteiger partial charge in [0.1, 0.15) is 5.75 Å². The summed E-state index contributed by atoms with van der Waals surface area (Å²) in [5.74, 6) is 0.161. The molecule has 1 aliphatic rings. The molecule has 0 radical (unpaired) electrons. The summed E-state index contributed by atoms with van der Waals surface area (Å²) in [5.41, 5.74) is 3.73. The Bertz CT molecular complexity index is 816. The maximum Gasteiger partial charge on any atom is 0.229 e. The first kappa shape index (κ1) is 17.0. The van der Waals surface area contributed by atoms with Gasteiger partial charge in [-0.3, -0.25) is 9.59 Å². The van der Waals surface area contributed by atoms with Crippen molar-refractivity contribution in [3.05, 3.63) is 53.6 Å². The van der Waals surface area contributed by atoms with Crippen molar-refractivity contribution in [2.45, 2.75) is 20.3 Å². The zero-order valence-corrected chi connectivity index (χ0v) is 14.7. The number of benzene rings is 2. The van der Waals surface area contributed by atoms with Crippen LogP contribution in [-0.4, -0.2) is 25.5 Å². The summed E-state index contributed by atoms with van der Waals surface area (Å²) in [6.45, 7) is 4.37. The van der Waals surface area contributed by atoms with Gasteiger partial charge in [0.2, 0.25) is 11.8 Å². The summed E-state index contributed by atoms with van der Waals surface area (Å²) >= 11 is 0. The van der Waals surface area contributed by atoms with Gasteiger partial charge in [0.05, 0.1) is 13.0 Å². The van der Waals surface area contributed by atoms with E-state index >= 15 is 0 Å². The Kier molecular flexibility index (Phi) is 4.74. The topological polar surface area (TPSA) is 58.6 Å². The first-order valence-corrected chi connectivity index (χ1v) is 8.31. The predicted octanol–water partition coefficient (Wildman–Crippen LogP) is 3.30. The molecule has 1 aliphatic heterocycles. The van der Waals surface area contributed by atoms with Crippen LogP contribution < -0.4 is 15.0 Å². The Morgan fingerprint density at radius 2 is 1.96 bits per heavy atom. The number of methoxy groups -OCH3 is 1. The van der Waals surface area contributed by atoms with Crippen LogP contribution in [0.2, 0.25) is 0 Å². The molecule has 1 saturated heterocycles. The van der Waals surface area contributed by atoms with Crippen LogP contribution in [0.25, 0.3) is 0 Å². The molecule has 0 aromatic heterocycles. The average molecular weight is 338 g/mol. The van der Waals surface area contributed by atoms with Gasteiger partial charge >= 0.3 is 0 Å². The lowest BCUT2D eigenvalue weighted by molar-refractivity contribution is -0.122. The summed E-state index contributed by atoms with van der Waals surface area (Å²) in [5, 5.41) is 2.97. The number of carbonyl (C=O) groups excluding carboxylic acids is 2. The second kappa shape index (κ2) is 6.97. The highest BCUT2D eigenvalue weighted by atomic mass is 16.5. The molecule has 0 spiro atoms. The van der Waals surface area contributed by atoms with E-state index in [1.807, 2.05) is 56.3 Å². The van der Waals surface area contributed by atoms with Gasteiger partial charge in [-0.05, 0) is 43.2 Å². The highest BCUT2D eigenvalue weighted by molar-refractivity contribution is 6.03. The van der Waals surface area contributed by atoms with E-state index in [0.717, 1.165) is 22.5 Å². The van der Waals surface area contributed by atoms with Crippen molar-refractivity contribution in [1.82, 2.24) is 0 Å². The largest absolute Gasteiger partial charge is 0.497 e. The zero-order chi connectivity index (χ0) is 18.0. The minimum atomic E-state index is -0.362. The molecule has 0 aliphatic carbocycles. The van der Waals surface area contributed by atoms with Crippen LogP contribution in [0, 0.1) is 19.8 Å². The molecule has 2 aromatic carbocycles. The van der Waals surface area contributed by atoms with Crippen molar-refractivity contribution in [3.8, 4) is 5.75 Å². The second-order valence-corrected chi connectivity index (χ2v) is 6.34. The molecule has 2 amide bonds. The third-order valence-electron chi connectivity index (χ3n) is 4.72. The number of ether oxygens (including phenoxy) is 1. The number of rotatable bonds is 4. The number of nitrogens with zero attached hydrogens (tertiary/aromatic N) is 1. The number of amides is 2. The van der Waals surface area contributed by atoms with E-state index in [1.54, 1.807) is 12.0 Å². The number of hydrogen-bond acceptors (Lipinski definition) is 3. The summed E-state index contributed by atoms with van der Waals surface area (Å²) in [6, 6.07) is 13.1. The number of hydrogen-bond donors (Lipinski definition) is 1. The normalized spacial score (nSPS) is 16.8. The molecule has 0 unspecified atom stereocenters. The van der Waals surface area contributed by atoms with Gasteiger partial charge in [-0.15, -0.1) is 0 Å². The first-order valence-electron chi connectivity index (χ1n) is 8.31. The first-order chi connectivity index (χ1) is 12.0. The Morgan fingerprint density at radius 1 is 1.20 bits per heavy atom. The third kappa shape index (κ3) is 3.50. The molecule has 3 rings (SSSR count). The van der Waals surface area contributed by atoms with Crippen LogP contribution in [-0.2, 0) is 9.59 Å². The summed E-state index contributed by atoms with van der Waals surface area (Å²) in [4.78, 5) is 26.6. The molecule has 5 heteroatoms. The second-order valence-electron chi connectivity index (χ2n) is 6.34. The van der Waals surface area contributed by atoms with Gasteiger partial charge in [0.25, 0.3) is 0 Å². The monoisotopic (exact) mass is 338 g/mol. The summed E-state index contributed by atoms with van der Waals surface area (Å²) < 4.78 is 5.21. The molecule has 1 atom stereocenters. The number of carbonyl (C=O) groups is 2. The van der Waals surface area contributed by atoms with Crippen LogP contribution in [0.3, 0.4) is 0 Å². The molecule has 0 saturated carbocycles. The van der Waals surface area contributed by atoms with Crippen LogP contribution in [0.15, 0.2) is 42.5 Å². The number of aryl methyl sites for hydroxylation is 1. The van der Waals surface area contributed by atoms with E-state index in [9.17, 15) is 9.59 Å². The Hall–Kier alpha value is -2.82. The molecular weight excluding hydrogens is 316 g/mol. The van der Waals surface area contributed by atoms with Gasteiger partial charge in [0, 0.05) is 30.4 Å². The average Bonchev–Trinajstić information content (AvgIpc) is 3.01. The molecule has 5 nitrogen and oxygen atoms in total. The number of nitrogens with one attached hydrogen (secondary N) is 1. The lowest BCUT2D eigenvalue weighted by Crippen LogP contribution is -2.28. The molecule has 1 fully saturated rings. The van der Waals surface area contributed by atoms with Crippen LogP contribution in [0.5, 0.6) is 5.75 Å². The minimum Gasteiger partial charge on any atom is -0.497 e. The summed E-state index contributed by atoms with van der Waals surface area (Å²) in [7, 11) is 1.59. The Morgan fingerprint density at radius 3 is 2.72 bits per heavy atom. The highest BCUT2D eigenvalue weighted by Gasteiger charge is 2.35. The third-order valence-corrected chi connectivity index (χ3v) is 4.72. The maximum atomic E-state index is 12.6. The maximum absolute atomic E-state index is 12.6. The molecule has 1 N–H and O–H groups in total. The minimum absolute atomic E-state index is 0.0469. The smallest absolute Gasteiger partial charge is 0.229 e. The van der Waals surface area contributed by atoms with E-state index in [1.165, 1.54) is 0 Å². The van der Waals surface area contributed by atoms with Crippen molar-refractivity contribution in [2.75, 3.05) is 23.9 Å². The SMILES string of the molecule is COc1cccc(N2C[C@@H](C(=O)Nc3cccc(C)c3C)CC2=O)c1. The Balaban J connectivity index is 1.73. The fraction of sp³-hybridized carbons (Fsp3) is 0.300. The predicted molar refractivity (Wildman–Crippen MR) is 98.0 cm³/mol. The van der Waals surface area contributed by atoms with Gasteiger partial charge < -0.3 is 15.0 Å². The molecule has 25 heavy (non-hydrogen) atoms. The van der Waals surface area contributed by atoms with Crippen molar-refractivity contribution in [1.29, 1.82) is 0 Å². The van der Waals surface area contributed by atoms with Crippen molar-refractivity contribution >= 4 is 23.2 Å². The van der Waals surface area contributed by atoms with Crippen molar-refractivity contribution < 1.29 is 14.3 Å². The molecular formula is C20H22N2O3. The highest BCUT2D eigenvalue weighted by Crippen LogP contribution is 2.29. The van der Waals surface area contributed by atoms with Gasteiger partial charge in [-0.2, -0.15) is 0 Å². The van der Waals surface area contributed by atoms with E-state index < -0.39 is 0 Å². The van der Waals surface area contributed by atoms with Crippen LogP contribution in [0.4, 0.5) is 11.4 Å². The van der Waals surface area contributed by atoms with E-state index in [-0.39, 0.29) is 24.2 Å². The van der Waals surface area contributed by atoms with Crippen LogP contribution in [0.1, 0.15) is 17.5 Å². The van der Waals surface area contributed by atoms with Gasteiger partial charge in [-0.1, -0.05) is 18.2 Å². The van der Waals surface area contributed by atoms with Gasteiger partial charge in [0.15, 0.2) is 0 Å². The van der Waals surface area contributed by atoms with E-state index in [0.29, 0.717) is 12.3 Å². The fourth-order valence-electron chi connectivity index (χ4n) is 3.03. The molecule has 0 bridgehead atoms. The van der Waals surface area contributed by atoms with Crippen molar-refractivity contribution in [2.24, 2.45) is 5.92 Å². The lowest BCUT2D eigenvalue weighted by Gasteiger charge is -2.18. The molecule has 1 heterocycles. The standard InChI is InChI=1S/C20H22N2O3/c1-13-6-4-9-18(14(13)2)21-20(24)15-10-19(23)22(12-15)16-7-5-8-17(11-16)25-3/h4-9,11,15H,10,12H2,1-3H3,(H,21,24)/t15-/m0/s1. The quantitative estimate of drug-likeness (QED) is 0.930. The van der Waals surface area contributed by atoms with Crippen molar-refractivity contribution in [3.63, 3.8) is 0 Å². The number of anilines is 2. The van der Waals surface area contributed by atoms with Gasteiger partial charge in [-0.25, -0.2) is 0 Å². The van der Waals surface area contributed by atoms with E-state index in [4.69, 9.17) is 4.74 Å². The lowest BCUT2D eigenvalue weighted by atomic mass is 10.1.